The number of hydrogen-bond donors (Lipinski definition) is 11. The molecule has 3 aliphatic rings. The predicted molar refractivity (Wildman–Crippen MR) is 379 cm³/mol. The average molecular weight is 1460 g/mol. The normalized spacial score (nSPS) is 27.3. The Bertz CT molecular complexity index is 2110. The smallest absolute Gasteiger partial charge is 0.463 e. The molecule has 24 nitrogen and oxygen atoms in total. The molecule has 3 rings (SSSR count). The van der Waals surface area contributed by atoms with Crippen LogP contribution >= 0.6 is 7.82 Å². The number of phosphoric acid groups is 1. The van der Waals surface area contributed by atoms with Crippen molar-refractivity contribution in [3.63, 3.8) is 0 Å². The largest absolute Gasteiger partial charge is 0.472 e. The number of esters is 3. The van der Waals surface area contributed by atoms with Crippen LogP contribution in [0.2, 0.25) is 0 Å². The van der Waals surface area contributed by atoms with Gasteiger partial charge in [0.2, 0.25) is 0 Å². The van der Waals surface area contributed by atoms with Crippen molar-refractivity contribution >= 4 is 25.7 Å². The van der Waals surface area contributed by atoms with Crippen LogP contribution in [0, 0.1) is 0 Å². The lowest BCUT2D eigenvalue weighted by atomic mass is 9.84. The highest BCUT2D eigenvalue weighted by molar-refractivity contribution is 7.47. The van der Waals surface area contributed by atoms with Gasteiger partial charge in [0.05, 0.1) is 13.2 Å². The second kappa shape index (κ2) is 57.0. The molecular formula is C75H139O24P. The van der Waals surface area contributed by atoms with Crippen LogP contribution < -0.4 is 0 Å². The van der Waals surface area contributed by atoms with Gasteiger partial charge in [0.25, 0.3) is 0 Å². The van der Waals surface area contributed by atoms with Crippen molar-refractivity contribution in [1.29, 1.82) is 0 Å². The SMILES string of the molecule is CCCCCC/C=C\CCCCCCCCCC(=O)OCC1OC(OC2C(O)C(O)C(O)C(OC3OC(CO)C(O)C(O)C3O)C2OP(=O)(O)OCC(COC(=O)CCCCCCCCCCCCCCCCCC)OC(=O)CCCCCCCCCCCCCCCC)C(O)C(O)C1O. The van der Waals surface area contributed by atoms with Gasteiger partial charge >= 0.3 is 25.7 Å². The lowest BCUT2D eigenvalue weighted by molar-refractivity contribution is -0.360. The maximum absolute atomic E-state index is 14.4. The first-order valence-electron chi connectivity index (χ1n) is 39.5. The van der Waals surface area contributed by atoms with Crippen LogP contribution in [0.1, 0.15) is 316 Å². The third kappa shape index (κ3) is 39.3. The molecule has 0 aromatic carbocycles. The summed E-state index contributed by atoms with van der Waals surface area (Å²) in [4.78, 5) is 51.1. The van der Waals surface area contributed by atoms with Gasteiger partial charge in [0.1, 0.15) is 98.7 Å². The fourth-order valence-electron chi connectivity index (χ4n) is 13.1. The summed E-state index contributed by atoms with van der Waals surface area (Å²) in [5.74, 6) is -1.98. The number of ether oxygens (including phenoxy) is 7. The van der Waals surface area contributed by atoms with E-state index in [1.165, 1.54) is 148 Å². The van der Waals surface area contributed by atoms with Crippen LogP contribution in [0.25, 0.3) is 0 Å². The molecule has 0 radical (unpaired) electrons. The monoisotopic (exact) mass is 1450 g/mol. The van der Waals surface area contributed by atoms with Crippen LogP contribution in [0.15, 0.2) is 12.2 Å². The third-order valence-corrected chi connectivity index (χ3v) is 20.5. The lowest BCUT2D eigenvalue weighted by Crippen LogP contribution is -2.69. The van der Waals surface area contributed by atoms with Crippen LogP contribution in [0.5, 0.6) is 0 Å². The van der Waals surface area contributed by atoms with Crippen molar-refractivity contribution in [2.24, 2.45) is 0 Å². The fourth-order valence-corrected chi connectivity index (χ4v) is 14.1. The van der Waals surface area contributed by atoms with Crippen molar-refractivity contribution in [3.8, 4) is 0 Å². The summed E-state index contributed by atoms with van der Waals surface area (Å²) in [5, 5.41) is 110. The molecule has 3 fully saturated rings. The van der Waals surface area contributed by atoms with E-state index in [1.54, 1.807) is 0 Å². The zero-order valence-corrected chi connectivity index (χ0v) is 62.4. The first kappa shape index (κ1) is 91.9. The Morgan fingerprint density at radius 3 is 1.09 bits per heavy atom. The molecule has 0 aromatic rings. The molecule has 0 aromatic heterocycles. The molecule has 25 heteroatoms. The van der Waals surface area contributed by atoms with Crippen molar-refractivity contribution in [2.75, 3.05) is 26.4 Å². The van der Waals surface area contributed by atoms with E-state index in [2.05, 4.69) is 32.9 Å². The molecule has 588 valence electrons. The highest BCUT2D eigenvalue weighted by Gasteiger charge is 2.58. The molecule has 11 N–H and O–H groups in total. The summed E-state index contributed by atoms with van der Waals surface area (Å²) in [6, 6.07) is 0. The Kier molecular flexibility index (Phi) is 52.3. The summed E-state index contributed by atoms with van der Waals surface area (Å²) < 4.78 is 65.1. The topological polar surface area (TPSA) is 374 Å². The van der Waals surface area contributed by atoms with Crippen molar-refractivity contribution in [1.82, 2.24) is 0 Å². The van der Waals surface area contributed by atoms with Crippen LogP contribution in [-0.4, -0.2) is 204 Å². The van der Waals surface area contributed by atoms with E-state index in [9.17, 15) is 74.9 Å². The summed E-state index contributed by atoms with van der Waals surface area (Å²) in [7, 11) is -5.69. The summed E-state index contributed by atoms with van der Waals surface area (Å²) in [5.41, 5.74) is 0. The summed E-state index contributed by atoms with van der Waals surface area (Å²) >= 11 is 0. The number of carbonyl (C=O) groups excluding carboxylic acids is 3. The Labute approximate surface area is 599 Å². The lowest BCUT2D eigenvalue weighted by Gasteiger charge is -2.49. The van der Waals surface area contributed by atoms with E-state index in [1.807, 2.05) is 0 Å². The Morgan fingerprint density at radius 1 is 0.380 bits per heavy atom. The van der Waals surface area contributed by atoms with Crippen molar-refractivity contribution < 1.29 is 117 Å². The molecule has 0 amide bonds. The predicted octanol–water partition coefficient (Wildman–Crippen LogP) is 11.5. The van der Waals surface area contributed by atoms with Gasteiger partial charge in [-0.3, -0.25) is 23.4 Å². The van der Waals surface area contributed by atoms with Gasteiger partial charge < -0.3 is 89.1 Å². The number of allylic oxidation sites excluding steroid dienone is 2. The molecule has 2 saturated heterocycles. The summed E-state index contributed by atoms with van der Waals surface area (Å²) in [6.07, 6.45) is 16.8. The van der Waals surface area contributed by atoms with E-state index >= 15 is 0 Å². The molecule has 0 spiro atoms. The fraction of sp³-hybridized carbons (Fsp3) is 0.933. The van der Waals surface area contributed by atoms with Gasteiger partial charge in [-0.05, 0) is 44.9 Å². The Hall–Kier alpha value is -2.30. The van der Waals surface area contributed by atoms with E-state index in [4.69, 9.17) is 42.2 Å². The highest BCUT2D eigenvalue weighted by Crippen LogP contribution is 2.49. The number of phosphoric ester groups is 1. The molecule has 0 bridgehead atoms. The number of unbranched alkanes of at least 4 members (excludes halogenated alkanes) is 39. The minimum Gasteiger partial charge on any atom is -0.463 e. The van der Waals surface area contributed by atoms with E-state index in [0.717, 1.165) is 109 Å². The summed E-state index contributed by atoms with van der Waals surface area (Å²) in [6.45, 7) is 3.47. The van der Waals surface area contributed by atoms with Gasteiger partial charge in [-0.2, -0.15) is 0 Å². The standard InChI is InChI=1S/C75H139O24P/c1-4-7-10-13-16-19-22-25-28-30-33-34-37-40-43-46-49-59(77)91-53-56(94-61(79)51-48-45-42-39-36-31-27-24-21-18-15-12-9-6-3)54-93-100(89,90)99-73-71(97-74-69(87)64(82)62(80)57(52-76)95-74)67(85)66(84)68(86)72(73)98-75-70(88)65(83)63(81)58(96-75)55-92-60(78)50-47-44-41-38-35-32-29-26-23-20-17-14-11-8-5-2/h20,23,56-58,62-76,80-88H,4-19,21-22,24-55H2,1-3H3,(H,89,90)/b23-20-. The first-order valence-corrected chi connectivity index (χ1v) is 41.0. The number of hydrogen-bond acceptors (Lipinski definition) is 23. The minimum absolute atomic E-state index is 0.0249. The maximum atomic E-state index is 14.4. The first-order chi connectivity index (χ1) is 48.3. The molecule has 1 saturated carbocycles. The van der Waals surface area contributed by atoms with E-state index < -0.39 is 156 Å². The number of rotatable bonds is 62. The number of aliphatic hydroxyl groups excluding tert-OH is 10. The number of aliphatic hydroxyl groups is 10. The zero-order valence-electron chi connectivity index (χ0n) is 61.5. The molecule has 18 unspecified atom stereocenters. The van der Waals surface area contributed by atoms with Crippen LogP contribution in [-0.2, 0) is 61.2 Å². The van der Waals surface area contributed by atoms with Crippen molar-refractivity contribution in [3.05, 3.63) is 12.2 Å². The van der Waals surface area contributed by atoms with E-state index in [0.29, 0.717) is 19.3 Å². The molecule has 2 heterocycles. The molecule has 2 aliphatic heterocycles. The average Bonchev–Trinajstić information content (AvgIpc) is 0.764. The van der Waals surface area contributed by atoms with E-state index in [-0.39, 0.29) is 19.3 Å². The van der Waals surface area contributed by atoms with Crippen molar-refractivity contribution in [2.45, 2.75) is 420 Å². The Balaban J connectivity index is 1.71. The molecule has 100 heavy (non-hydrogen) atoms. The highest BCUT2D eigenvalue weighted by atomic mass is 31.2. The van der Waals surface area contributed by atoms with Crippen LogP contribution in [0.3, 0.4) is 0 Å². The minimum atomic E-state index is -5.69. The third-order valence-electron chi connectivity index (χ3n) is 19.5. The van der Waals surface area contributed by atoms with Gasteiger partial charge in [-0.15, -0.1) is 0 Å². The maximum Gasteiger partial charge on any atom is 0.472 e. The van der Waals surface area contributed by atoms with Gasteiger partial charge in [0.15, 0.2) is 18.7 Å². The Morgan fingerprint density at radius 2 is 0.700 bits per heavy atom. The van der Waals surface area contributed by atoms with Gasteiger partial charge in [-0.1, -0.05) is 264 Å². The zero-order chi connectivity index (χ0) is 73.2. The number of carbonyl (C=O) groups is 3. The van der Waals surface area contributed by atoms with Gasteiger partial charge in [-0.25, -0.2) is 4.57 Å². The van der Waals surface area contributed by atoms with Gasteiger partial charge in [0, 0.05) is 19.3 Å². The molecule has 1 aliphatic carbocycles. The van der Waals surface area contributed by atoms with Crippen LogP contribution in [0.4, 0.5) is 0 Å². The second-order valence-electron chi connectivity index (χ2n) is 28.4. The molecular weight excluding hydrogens is 1320 g/mol. The quantitative estimate of drug-likeness (QED) is 0.00886. The second-order valence-corrected chi connectivity index (χ2v) is 29.8. The molecule has 18 atom stereocenters.